The molecule has 0 aromatic carbocycles. The largest absolute Gasteiger partial charge is 0.155 e. The van der Waals surface area contributed by atoms with Gasteiger partial charge in [-0.2, -0.15) is 11.8 Å². The minimum atomic E-state index is 0.671. The monoisotopic (exact) mass is 222 g/mol. The summed E-state index contributed by atoms with van der Waals surface area (Å²) in [6.45, 7) is 4.99. The predicted octanol–water partition coefficient (Wildman–Crippen LogP) is 4.41. The van der Waals surface area contributed by atoms with Gasteiger partial charge in [-0.15, -0.1) is 0 Å². The Bertz CT molecular complexity index is 268. The average Bonchev–Trinajstić information content (AvgIpc) is 2.50. The Hall–Kier alpha value is 0.0900. The summed E-state index contributed by atoms with van der Waals surface area (Å²) in [4.78, 5) is 0. The Labute approximate surface area is 97.9 Å². The molecule has 0 unspecified atom stereocenters. The smallest absolute Gasteiger partial charge is 0.00868 e. The fraction of sp³-hybridized carbons (Fsp3) is 0.857. The zero-order chi connectivity index (χ0) is 10.5. The van der Waals surface area contributed by atoms with E-state index < -0.39 is 0 Å². The van der Waals surface area contributed by atoms with Crippen LogP contribution in [-0.2, 0) is 0 Å². The van der Waals surface area contributed by atoms with E-state index in [-0.39, 0.29) is 0 Å². The van der Waals surface area contributed by atoms with E-state index in [9.17, 15) is 0 Å². The van der Waals surface area contributed by atoms with E-state index >= 15 is 0 Å². The maximum absolute atomic E-state index is 2.49. The van der Waals surface area contributed by atoms with Crippen LogP contribution in [0.15, 0.2) is 12.2 Å². The molecule has 2 fully saturated rings. The Morgan fingerprint density at radius 2 is 1.40 bits per heavy atom. The summed E-state index contributed by atoms with van der Waals surface area (Å²) in [5.41, 5.74) is 1.34. The molecule has 3 aliphatic rings. The van der Waals surface area contributed by atoms with E-state index in [0.717, 1.165) is 10.5 Å². The first kappa shape index (κ1) is 10.3. The zero-order valence-electron chi connectivity index (χ0n) is 9.96. The standard InChI is InChI=1S/C14H22S/c1-11-13-7-3-5-9-14(13,12(2)15-11)10-6-4-8-13/h3,5,11-12H,4,6-10H2,1-2H3/t11-,12+,13-,14+. The molecule has 15 heavy (non-hydrogen) atoms. The summed E-state index contributed by atoms with van der Waals surface area (Å²) >= 11 is 2.27. The van der Waals surface area contributed by atoms with Crippen molar-refractivity contribution in [1.82, 2.24) is 0 Å². The Balaban J connectivity index is 2.09. The van der Waals surface area contributed by atoms with Gasteiger partial charge in [-0.25, -0.2) is 0 Å². The van der Waals surface area contributed by atoms with E-state index in [1.807, 2.05) is 0 Å². The van der Waals surface area contributed by atoms with E-state index in [4.69, 9.17) is 0 Å². The molecule has 2 aliphatic carbocycles. The molecular weight excluding hydrogens is 200 g/mol. The molecule has 0 aromatic heterocycles. The van der Waals surface area contributed by atoms with E-state index in [1.165, 1.54) is 38.5 Å². The van der Waals surface area contributed by atoms with Gasteiger partial charge in [0.2, 0.25) is 0 Å². The van der Waals surface area contributed by atoms with Crippen LogP contribution in [0.1, 0.15) is 52.4 Å². The van der Waals surface area contributed by atoms with Crippen LogP contribution in [0.25, 0.3) is 0 Å². The first-order chi connectivity index (χ1) is 7.21. The van der Waals surface area contributed by atoms with Gasteiger partial charge in [-0.1, -0.05) is 38.8 Å². The molecule has 4 atom stereocenters. The first-order valence-electron chi connectivity index (χ1n) is 6.52. The molecule has 0 radical (unpaired) electrons. The van der Waals surface area contributed by atoms with Crippen molar-refractivity contribution in [2.45, 2.75) is 62.9 Å². The highest BCUT2D eigenvalue weighted by Crippen LogP contribution is 2.70. The van der Waals surface area contributed by atoms with Crippen molar-refractivity contribution in [3.05, 3.63) is 12.2 Å². The fourth-order valence-electron chi connectivity index (χ4n) is 4.69. The van der Waals surface area contributed by atoms with Crippen LogP contribution in [0.4, 0.5) is 0 Å². The molecule has 1 aliphatic heterocycles. The second kappa shape index (κ2) is 3.29. The lowest BCUT2D eigenvalue weighted by molar-refractivity contribution is -0.00164. The number of thioether (sulfide) groups is 1. The Kier molecular flexibility index (Phi) is 2.25. The summed E-state index contributed by atoms with van der Waals surface area (Å²) < 4.78 is 0. The molecule has 0 spiro atoms. The molecule has 0 nitrogen and oxygen atoms in total. The van der Waals surface area contributed by atoms with Gasteiger partial charge in [-0.3, -0.25) is 0 Å². The number of allylic oxidation sites excluding steroid dienone is 2. The summed E-state index contributed by atoms with van der Waals surface area (Å²) in [7, 11) is 0. The maximum atomic E-state index is 2.49. The molecule has 0 bridgehead atoms. The van der Waals surface area contributed by atoms with Gasteiger partial charge in [0, 0.05) is 10.5 Å². The molecule has 1 heterocycles. The summed E-state index contributed by atoms with van der Waals surface area (Å²) in [5, 5.41) is 1.77. The zero-order valence-corrected chi connectivity index (χ0v) is 10.8. The fourth-order valence-corrected chi connectivity index (χ4v) is 6.72. The lowest BCUT2D eigenvalue weighted by atomic mass is 9.49. The highest BCUT2D eigenvalue weighted by atomic mass is 32.2. The first-order valence-corrected chi connectivity index (χ1v) is 7.46. The minimum absolute atomic E-state index is 0.671. The average molecular weight is 222 g/mol. The van der Waals surface area contributed by atoms with Crippen LogP contribution in [0.2, 0.25) is 0 Å². The third-order valence-corrected chi connectivity index (χ3v) is 7.30. The van der Waals surface area contributed by atoms with Crippen LogP contribution in [0.3, 0.4) is 0 Å². The second-order valence-electron chi connectivity index (χ2n) is 5.82. The lowest BCUT2D eigenvalue weighted by Gasteiger charge is -2.54. The van der Waals surface area contributed by atoms with Gasteiger partial charge in [0.1, 0.15) is 0 Å². The van der Waals surface area contributed by atoms with E-state index in [2.05, 4.69) is 37.8 Å². The van der Waals surface area contributed by atoms with Gasteiger partial charge >= 0.3 is 0 Å². The maximum Gasteiger partial charge on any atom is 0.00868 e. The van der Waals surface area contributed by atoms with Crippen LogP contribution in [0, 0.1) is 10.8 Å². The molecule has 1 saturated heterocycles. The molecule has 0 amide bonds. The third-order valence-electron chi connectivity index (χ3n) is 5.58. The molecule has 1 heteroatoms. The quantitative estimate of drug-likeness (QED) is 0.547. The van der Waals surface area contributed by atoms with Gasteiger partial charge in [0.25, 0.3) is 0 Å². The molecular formula is C14H22S. The molecule has 3 rings (SSSR count). The SMILES string of the molecule is C[C@@H]1S[C@H](C)[C@]23CC=CC[C@]12CCCC3. The highest BCUT2D eigenvalue weighted by molar-refractivity contribution is 8.00. The van der Waals surface area contributed by atoms with E-state index in [0.29, 0.717) is 10.8 Å². The Morgan fingerprint density at radius 1 is 0.933 bits per heavy atom. The van der Waals surface area contributed by atoms with Crippen molar-refractivity contribution >= 4 is 11.8 Å². The van der Waals surface area contributed by atoms with Gasteiger partial charge in [0.15, 0.2) is 0 Å². The third kappa shape index (κ3) is 1.11. The number of hydrogen-bond acceptors (Lipinski definition) is 1. The van der Waals surface area contributed by atoms with Crippen molar-refractivity contribution in [1.29, 1.82) is 0 Å². The van der Waals surface area contributed by atoms with Crippen LogP contribution in [-0.4, -0.2) is 10.5 Å². The number of hydrogen-bond donors (Lipinski definition) is 0. The van der Waals surface area contributed by atoms with Gasteiger partial charge in [-0.05, 0) is 36.5 Å². The van der Waals surface area contributed by atoms with Crippen molar-refractivity contribution in [3.63, 3.8) is 0 Å². The number of rotatable bonds is 0. The highest BCUT2D eigenvalue weighted by Gasteiger charge is 2.62. The minimum Gasteiger partial charge on any atom is -0.155 e. The normalized spacial score (nSPS) is 53.7. The molecule has 84 valence electrons. The van der Waals surface area contributed by atoms with Crippen molar-refractivity contribution < 1.29 is 0 Å². The predicted molar refractivity (Wildman–Crippen MR) is 68.2 cm³/mol. The Morgan fingerprint density at radius 3 is 1.87 bits per heavy atom. The second-order valence-corrected chi connectivity index (χ2v) is 7.51. The summed E-state index contributed by atoms with van der Waals surface area (Å²) in [5.74, 6) is 0. The lowest BCUT2D eigenvalue weighted by Crippen LogP contribution is -2.49. The van der Waals surface area contributed by atoms with Gasteiger partial charge in [0.05, 0.1) is 0 Å². The van der Waals surface area contributed by atoms with Crippen molar-refractivity contribution in [3.8, 4) is 0 Å². The topological polar surface area (TPSA) is 0 Å². The molecule has 1 saturated carbocycles. The molecule has 0 N–H and O–H groups in total. The van der Waals surface area contributed by atoms with Crippen molar-refractivity contribution in [2.24, 2.45) is 10.8 Å². The van der Waals surface area contributed by atoms with Crippen LogP contribution < -0.4 is 0 Å². The molecule has 0 aromatic rings. The van der Waals surface area contributed by atoms with E-state index in [1.54, 1.807) is 0 Å². The summed E-state index contributed by atoms with van der Waals surface area (Å²) in [6.07, 6.45) is 13.6. The summed E-state index contributed by atoms with van der Waals surface area (Å²) in [6, 6.07) is 0. The van der Waals surface area contributed by atoms with Gasteiger partial charge < -0.3 is 0 Å². The van der Waals surface area contributed by atoms with Crippen LogP contribution in [0.5, 0.6) is 0 Å². The van der Waals surface area contributed by atoms with Crippen molar-refractivity contribution in [2.75, 3.05) is 0 Å². The van der Waals surface area contributed by atoms with Crippen LogP contribution >= 0.6 is 11.8 Å².